The van der Waals surface area contributed by atoms with E-state index in [-0.39, 0.29) is 30.6 Å². The van der Waals surface area contributed by atoms with Crippen molar-refractivity contribution >= 4 is 29.0 Å². The van der Waals surface area contributed by atoms with E-state index >= 15 is 0 Å². The Kier molecular flexibility index (Phi) is 8.89. The van der Waals surface area contributed by atoms with Crippen LogP contribution in [0.15, 0.2) is 54.7 Å². The lowest BCUT2D eigenvalue weighted by atomic mass is 9.95. The van der Waals surface area contributed by atoms with Crippen molar-refractivity contribution < 1.29 is 32.9 Å². The van der Waals surface area contributed by atoms with Crippen LogP contribution in [0.4, 0.5) is 15.1 Å². The number of benzene rings is 2. The molecule has 0 aliphatic carbocycles. The van der Waals surface area contributed by atoms with E-state index in [1.54, 1.807) is 18.0 Å². The molecule has 2 fully saturated rings. The molecule has 2 aromatic carbocycles. The molecular formula is C34H39FN6O6. The van der Waals surface area contributed by atoms with E-state index in [1.165, 1.54) is 22.9 Å². The molecule has 12 nitrogen and oxygen atoms in total. The fourth-order valence-corrected chi connectivity index (χ4v) is 6.14. The van der Waals surface area contributed by atoms with Gasteiger partial charge in [0.15, 0.2) is 12.3 Å². The van der Waals surface area contributed by atoms with Crippen molar-refractivity contribution in [1.82, 2.24) is 24.6 Å². The first-order chi connectivity index (χ1) is 22.5. The van der Waals surface area contributed by atoms with Gasteiger partial charge in [-0.25, -0.2) is 18.7 Å². The summed E-state index contributed by atoms with van der Waals surface area (Å²) < 4.78 is 38.6. The number of anilines is 1. The van der Waals surface area contributed by atoms with Gasteiger partial charge in [-0.05, 0) is 64.7 Å². The van der Waals surface area contributed by atoms with Crippen LogP contribution in [0.5, 0.6) is 11.6 Å². The molecule has 1 atom stereocenters. The highest BCUT2D eigenvalue weighted by Gasteiger charge is 2.49. The number of carbonyl (C=O) groups excluding carboxylic acids is 2. The van der Waals surface area contributed by atoms with Gasteiger partial charge in [-0.15, -0.1) is 0 Å². The summed E-state index contributed by atoms with van der Waals surface area (Å²) in [7, 11) is 0. The maximum atomic E-state index is 14.4. The van der Waals surface area contributed by atoms with E-state index in [9.17, 15) is 14.0 Å². The molecule has 0 radical (unpaired) electrons. The molecule has 248 valence electrons. The van der Waals surface area contributed by atoms with Crippen molar-refractivity contribution in [1.29, 1.82) is 0 Å². The number of nitrogens with zero attached hydrogens (tertiary/aromatic N) is 6. The molecule has 6 rings (SSSR count). The number of hydrogen-bond acceptors (Lipinski definition) is 10. The lowest BCUT2D eigenvalue weighted by molar-refractivity contribution is -0.145. The second-order valence-electron chi connectivity index (χ2n) is 12.7. The van der Waals surface area contributed by atoms with E-state index in [0.717, 1.165) is 24.8 Å². The van der Waals surface area contributed by atoms with Crippen LogP contribution in [0.25, 0.3) is 16.7 Å². The lowest BCUT2D eigenvalue weighted by Gasteiger charge is -2.35. The summed E-state index contributed by atoms with van der Waals surface area (Å²) in [6, 6.07) is 13.7. The van der Waals surface area contributed by atoms with Crippen LogP contribution in [-0.2, 0) is 20.9 Å². The van der Waals surface area contributed by atoms with Crippen LogP contribution in [0.2, 0.25) is 0 Å². The molecule has 2 aliphatic rings. The molecule has 0 N–H and O–H groups in total. The monoisotopic (exact) mass is 646 g/mol. The molecule has 2 saturated heterocycles. The summed E-state index contributed by atoms with van der Waals surface area (Å²) in [5.74, 6) is -0.259. The lowest BCUT2D eigenvalue weighted by Crippen LogP contribution is -2.48. The topological polar surface area (TPSA) is 121 Å². The van der Waals surface area contributed by atoms with E-state index in [4.69, 9.17) is 28.9 Å². The molecule has 4 heterocycles. The van der Waals surface area contributed by atoms with E-state index in [0.29, 0.717) is 48.2 Å². The van der Waals surface area contributed by atoms with Crippen LogP contribution in [0.3, 0.4) is 0 Å². The summed E-state index contributed by atoms with van der Waals surface area (Å²) in [5, 5.41) is 5.13. The third-order valence-corrected chi connectivity index (χ3v) is 8.22. The minimum Gasteiger partial charge on any atom is -0.480 e. The van der Waals surface area contributed by atoms with E-state index in [2.05, 4.69) is 10.00 Å². The average Bonchev–Trinajstić information content (AvgIpc) is 3.78. The average molecular weight is 647 g/mol. The SMILES string of the molecule is CCOC(=O)COc1cc(F)ccc1-n1ncc2c(OCc3ccccc3)nc(N3CCCC34CCN(C(=O)OC(C)(C)C)C4)nc21. The second kappa shape index (κ2) is 13.0. The first-order valence-electron chi connectivity index (χ1n) is 15.8. The molecule has 1 amide bonds. The minimum absolute atomic E-state index is 0.0939. The molecule has 1 unspecified atom stereocenters. The number of hydrogen-bond donors (Lipinski definition) is 0. The standard InChI is InChI=1S/C34H39FN6O6/c1-5-44-28(42)21-45-27-18-24(35)12-13-26(27)41-29-25(19-36-41)30(46-20-23-10-7-6-8-11-23)38-31(37-29)40-16-9-14-34(40)15-17-39(22-34)32(43)47-33(2,3)4/h6-8,10-13,18-19H,5,9,14-17,20-22H2,1-4H3. The first-order valence-corrected chi connectivity index (χ1v) is 15.8. The third kappa shape index (κ3) is 6.93. The first kappa shape index (κ1) is 32.0. The van der Waals surface area contributed by atoms with Crippen LogP contribution in [0.1, 0.15) is 52.5 Å². The quantitative estimate of drug-likeness (QED) is 0.217. The van der Waals surface area contributed by atoms with Gasteiger partial charge in [-0.2, -0.15) is 15.1 Å². The van der Waals surface area contributed by atoms with Crippen molar-refractivity contribution in [3.8, 4) is 17.3 Å². The van der Waals surface area contributed by atoms with E-state index in [1.807, 2.05) is 51.1 Å². The number of fused-ring (bicyclic) bond motifs is 1. The number of halogens is 1. The van der Waals surface area contributed by atoms with Crippen LogP contribution < -0.4 is 14.4 Å². The Hall–Kier alpha value is -4.94. The second-order valence-corrected chi connectivity index (χ2v) is 12.7. The largest absolute Gasteiger partial charge is 0.480 e. The Bertz CT molecular complexity index is 1760. The molecule has 0 bridgehead atoms. The smallest absolute Gasteiger partial charge is 0.410 e. The number of aromatic nitrogens is 4. The van der Waals surface area contributed by atoms with Gasteiger partial charge < -0.3 is 28.7 Å². The molecule has 1 spiro atoms. The highest BCUT2D eigenvalue weighted by molar-refractivity contribution is 5.83. The summed E-state index contributed by atoms with van der Waals surface area (Å²) in [6.07, 6.45) is 3.74. The molecule has 47 heavy (non-hydrogen) atoms. The molecule has 2 aromatic heterocycles. The number of esters is 1. The van der Waals surface area contributed by atoms with E-state index < -0.39 is 24.0 Å². The Morgan fingerprint density at radius 2 is 1.83 bits per heavy atom. The zero-order chi connectivity index (χ0) is 33.2. The van der Waals surface area contributed by atoms with Crippen LogP contribution in [0, 0.1) is 5.82 Å². The van der Waals surface area contributed by atoms with Crippen molar-refractivity contribution in [2.75, 3.05) is 37.7 Å². The maximum absolute atomic E-state index is 14.4. The van der Waals surface area contributed by atoms with Gasteiger partial charge in [0.1, 0.15) is 34.8 Å². The molecule has 13 heteroatoms. The fraction of sp³-hybridized carbons (Fsp3) is 0.441. The molecule has 2 aliphatic heterocycles. The zero-order valence-electron chi connectivity index (χ0n) is 27.1. The number of ether oxygens (including phenoxy) is 4. The third-order valence-electron chi connectivity index (χ3n) is 8.22. The molecule has 0 saturated carbocycles. The Morgan fingerprint density at radius 1 is 1.02 bits per heavy atom. The van der Waals surface area contributed by atoms with Gasteiger partial charge in [0, 0.05) is 25.7 Å². The summed E-state index contributed by atoms with van der Waals surface area (Å²) in [6.45, 7) is 9.04. The van der Waals surface area contributed by atoms with Gasteiger partial charge in [0.2, 0.25) is 11.8 Å². The van der Waals surface area contributed by atoms with Gasteiger partial charge in [0.25, 0.3) is 0 Å². The predicted molar refractivity (Wildman–Crippen MR) is 171 cm³/mol. The summed E-state index contributed by atoms with van der Waals surface area (Å²) in [4.78, 5) is 38.9. The maximum Gasteiger partial charge on any atom is 0.410 e. The highest BCUT2D eigenvalue weighted by Crippen LogP contribution is 2.41. The normalized spacial score (nSPS) is 17.8. The molecule has 4 aromatic rings. The van der Waals surface area contributed by atoms with Crippen molar-refractivity contribution in [2.24, 2.45) is 0 Å². The van der Waals surface area contributed by atoms with Crippen LogP contribution in [-0.4, -0.2) is 80.7 Å². The Labute approximate surface area is 272 Å². The zero-order valence-corrected chi connectivity index (χ0v) is 27.1. The van der Waals surface area contributed by atoms with Crippen LogP contribution >= 0.6 is 0 Å². The minimum atomic E-state index is -0.598. The van der Waals surface area contributed by atoms with Gasteiger partial charge in [-0.3, -0.25) is 0 Å². The van der Waals surface area contributed by atoms with Crippen molar-refractivity contribution in [2.45, 2.75) is 64.7 Å². The highest BCUT2D eigenvalue weighted by atomic mass is 19.1. The Balaban J connectivity index is 1.39. The number of rotatable bonds is 9. The predicted octanol–water partition coefficient (Wildman–Crippen LogP) is 5.46. The van der Waals surface area contributed by atoms with Gasteiger partial charge in [-0.1, -0.05) is 30.3 Å². The number of likely N-dealkylation sites (tertiary alicyclic amines) is 1. The van der Waals surface area contributed by atoms with Crippen molar-refractivity contribution in [3.63, 3.8) is 0 Å². The van der Waals surface area contributed by atoms with Gasteiger partial charge in [0.05, 0.1) is 18.3 Å². The van der Waals surface area contributed by atoms with Gasteiger partial charge >= 0.3 is 12.1 Å². The Morgan fingerprint density at radius 3 is 2.60 bits per heavy atom. The number of carbonyl (C=O) groups is 2. The molecular weight excluding hydrogens is 607 g/mol. The summed E-state index contributed by atoms with van der Waals surface area (Å²) >= 11 is 0. The fourth-order valence-electron chi connectivity index (χ4n) is 6.14. The summed E-state index contributed by atoms with van der Waals surface area (Å²) in [5.41, 5.74) is 0.768. The van der Waals surface area contributed by atoms with Crippen molar-refractivity contribution in [3.05, 3.63) is 66.1 Å². The number of amides is 1.